The molecule has 1 amide bonds. The number of nitrogens with one attached hydrogen (secondary N) is 2. The second-order valence-corrected chi connectivity index (χ2v) is 7.67. The van der Waals surface area contributed by atoms with E-state index in [2.05, 4.69) is 10.0 Å². The van der Waals surface area contributed by atoms with Gasteiger partial charge in [-0.15, -0.1) is 0 Å². The Hall–Kier alpha value is -2.45. The molecule has 0 fully saturated rings. The van der Waals surface area contributed by atoms with Crippen molar-refractivity contribution in [2.45, 2.75) is 19.4 Å². The molecule has 0 unspecified atom stereocenters. The van der Waals surface area contributed by atoms with Crippen molar-refractivity contribution >= 4 is 21.6 Å². The summed E-state index contributed by atoms with van der Waals surface area (Å²) in [6.07, 6.45) is 0.957. The third kappa shape index (κ3) is 5.03. The van der Waals surface area contributed by atoms with Crippen LogP contribution in [0.25, 0.3) is 0 Å². The first-order valence-corrected chi connectivity index (χ1v) is 9.82. The maximum atomic E-state index is 13.2. The zero-order chi connectivity index (χ0) is 19.4. The zero-order valence-electron chi connectivity index (χ0n) is 14.7. The Labute approximate surface area is 152 Å². The number of anilines is 1. The molecule has 0 spiro atoms. The number of ether oxygens (including phenoxy) is 1. The Balaban J connectivity index is 2.32. The largest absolute Gasteiger partial charge is 0.494 e. The second-order valence-electron chi connectivity index (χ2n) is 5.92. The highest BCUT2D eigenvalue weighted by molar-refractivity contribution is 7.88. The van der Waals surface area contributed by atoms with Crippen LogP contribution in [-0.4, -0.2) is 27.2 Å². The van der Waals surface area contributed by atoms with Crippen LogP contribution in [0.4, 0.5) is 10.1 Å². The van der Waals surface area contributed by atoms with Gasteiger partial charge < -0.3 is 10.1 Å². The Morgan fingerprint density at radius 2 is 1.69 bits per heavy atom. The van der Waals surface area contributed by atoms with E-state index in [4.69, 9.17) is 4.74 Å². The Kier molecular flexibility index (Phi) is 5.99. The Morgan fingerprint density at radius 3 is 2.19 bits per heavy atom. The van der Waals surface area contributed by atoms with E-state index in [9.17, 15) is 17.6 Å². The van der Waals surface area contributed by atoms with Crippen LogP contribution in [-0.2, 0) is 20.4 Å². The SMILES string of the molecule is CCOc1ccc(NC(=O)[C@@](C)(NS(C)(=O)=O)c2ccc(F)cc2)cc1. The fraction of sp³-hybridized carbons (Fsp3) is 0.278. The van der Waals surface area contributed by atoms with Crippen LogP contribution >= 0.6 is 0 Å². The molecule has 2 aromatic rings. The molecule has 2 rings (SSSR count). The lowest BCUT2D eigenvalue weighted by molar-refractivity contribution is -0.121. The van der Waals surface area contributed by atoms with Gasteiger partial charge in [0.2, 0.25) is 15.9 Å². The van der Waals surface area contributed by atoms with Gasteiger partial charge in [0.25, 0.3) is 0 Å². The van der Waals surface area contributed by atoms with Gasteiger partial charge in [0.15, 0.2) is 0 Å². The van der Waals surface area contributed by atoms with Gasteiger partial charge in [-0.05, 0) is 55.8 Å². The molecule has 8 heteroatoms. The third-order valence-electron chi connectivity index (χ3n) is 3.69. The van der Waals surface area contributed by atoms with Crippen molar-refractivity contribution in [1.82, 2.24) is 4.72 Å². The van der Waals surface area contributed by atoms with Crippen LogP contribution in [0.15, 0.2) is 48.5 Å². The zero-order valence-corrected chi connectivity index (χ0v) is 15.6. The van der Waals surface area contributed by atoms with E-state index in [1.807, 2.05) is 6.92 Å². The molecule has 140 valence electrons. The number of hydrogen-bond acceptors (Lipinski definition) is 4. The predicted octanol–water partition coefficient (Wildman–Crippen LogP) is 2.63. The quantitative estimate of drug-likeness (QED) is 0.773. The van der Waals surface area contributed by atoms with Gasteiger partial charge in [0.05, 0.1) is 12.9 Å². The minimum absolute atomic E-state index is 0.313. The van der Waals surface area contributed by atoms with E-state index in [1.165, 1.54) is 31.2 Å². The maximum absolute atomic E-state index is 13.2. The lowest BCUT2D eigenvalue weighted by Crippen LogP contribution is -2.51. The molecule has 0 radical (unpaired) electrons. The number of amides is 1. The monoisotopic (exact) mass is 380 g/mol. The van der Waals surface area contributed by atoms with Crippen molar-refractivity contribution < 1.29 is 22.3 Å². The number of sulfonamides is 1. The van der Waals surface area contributed by atoms with Crippen LogP contribution in [0.2, 0.25) is 0 Å². The van der Waals surface area contributed by atoms with Gasteiger partial charge in [-0.2, -0.15) is 4.72 Å². The Morgan fingerprint density at radius 1 is 1.12 bits per heavy atom. The van der Waals surface area contributed by atoms with Crippen LogP contribution in [0.3, 0.4) is 0 Å². The summed E-state index contributed by atoms with van der Waals surface area (Å²) in [4.78, 5) is 12.8. The minimum Gasteiger partial charge on any atom is -0.494 e. The summed E-state index contributed by atoms with van der Waals surface area (Å²) in [6.45, 7) is 3.80. The number of carbonyl (C=O) groups is 1. The molecule has 0 saturated heterocycles. The van der Waals surface area contributed by atoms with Gasteiger partial charge in [0, 0.05) is 5.69 Å². The van der Waals surface area contributed by atoms with Crippen LogP contribution in [0.5, 0.6) is 5.75 Å². The van der Waals surface area contributed by atoms with Gasteiger partial charge in [-0.1, -0.05) is 12.1 Å². The van der Waals surface area contributed by atoms with Gasteiger partial charge in [-0.3, -0.25) is 4.79 Å². The van der Waals surface area contributed by atoms with Crippen LogP contribution in [0.1, 0.15) is 19.4 Å². The highest BCUT2D eigenvalue weighted by atomic mass is 32.2. The first-order valence-electron chi connectivity index (χ1n) is 7.93. The first kappa shape index (κ1) is 19.9. The summed E-state index contributed by atoms with van der Waals surface area (Å²) in [5, 5.41) is 2.67. The van der Waals surface area contributed by atoms with Crippen LogP contribution < -0.4 is 14.8 Å². The average Bonchev–Trinajstić information content (AvgIpc) is 2.55. The molecule has 0 bridgehead atoms. The minimum atomic E-state index is -3.72. The molecule has 1 atom stereocenters. The molecule has 2 aromatic carbocycles. The summed E-state index contributed by atoms with van der Waals surface area (Å²) in [6, 6.07) is 11.7. The Bertz CT molecular complexity index is 867. The van der Waals surface area contributed by atoms with E-state index in [1.54, 1.807) is 24.3 Å². The lowest BCUT2D eigenvalue weighted by atomic mass is 9.92. The van der Waals surface area contributed by atoms with Crippen molar-refractivity contribution in [3.8, 4) is 5.75 Å². The standard InChI is InChI=1S/C18H21FN2O4S/c1-4-25-16-11-9-15(10-12-16)20-17(22)18(2,21-26(3,23)24)13-5-7-14(19)8-6-13/h5-12,21H,4H2,1-3H3,(H,20,22)/t18-/m0/s1. The summed E-state index contributed by atoms with van der Waals surface area (Å²) in [7, 11) is -3.72. The molecule has 0 heterocycles. The summed E-state index contributed by atoms with van der Waals surface area (Å²) in [5.74, 6) is -0.429. The molecular weight excluding hydrogens is 359 g/mol. The van der Waals surface area contributed by atoms with Gasteiger partial charge in [-0.25, -0.2) is 12.8 Å². The fourth-order valence-corrected chi connectivity index (χ4v) is 3.40. The fourth-order valence-electron chi connectivity index (χ4n) is 2.45. The van der Waals surface area contributed by atoms with E-state index in [0.717, 1.165) is 6.26 Å². The normalized spacial score (nSPS) is 13.7. The highest BCUT2D eigenvalue weighted by Crippen LogP contribution is 2.25. The van der Waals surface area contributed by atoms with E-state index < -0.39 is 27.3 Å². The lowest BCUT2D eigenvalue weighted by Gasteiger charge is -2.29. The van der Waals surface area contributed by atoms with Gasteiger partial charge in [0.1, 0.15) is 17.1 Å². The first-order chi connectivity index (χ1) is 12.1. The molecule has 26 heavy (non-hydrogen) atoms. The van der Waals surface area contributed by atoms with Crippen molar-refractivity contribution in [3.63, 3.8) is 0 Å². The van der Waals surface area contributed by atoms with Gasteiger partial charge >= 0.3 is 0 Å². The highest BCUT2D eigenvalue weighted by Gasteiger charge is 2.38. The van der Waals surface area contributed by atoms with Crippen molar-refractivity contribution in [2.24, 2.45) is 0 Å². The molecule has 0 aromatic heterocycles. The molecule has 0 aliphatic carbocycles. The average molecular weight is 380 g/mol. The molecule has 6 nitrogen and oxygen atoms in total. The molecular formula is C18H21FN2O4S. The summed E-state index contributed by atoms with van der Waals surface area (Å²) in [5.41, 5.74) is -0.824. The van der Waals surface area contributed by atoms with Crippen molar-refractivity contribution in [3.05, 3.63) is 59.9 Å². The van der Waals surface area contributed by atoms with Crippen molar-refractivity contribution in [2.75, 3.05) is 18.2 Å². The second kappa shape index (κ2) is 7.84. The van der Waals surface area contributed by atoms with Crippen molar-refractivity contribution in [1.29, 1.82) is 0 Å². The number of rotatable bonds is 7. The van der Waals surface area contributed by atoms with E-state index in [-0.39, 0.29) is 0 Å². The predicted molar refractivity (Wildman–Crippen MR) is 98.0 cm³/mol. The number of carbonyl (C=O) groups excluding carboxylic acids is 1. The molecule has 0 aliphatic heterocycles. The topological polar surface area (TPSA) is 84.5 Å². The summed E-state index contributed by atoms with van der Waals surface area (Å²) >= 11 is 0. The van der Waals surface area contributed by atoms with E-state index in [0.29, 0.717) is 23.6 Å². The van der Waals surface area contributed by atoms with E-state index >= 15 is 0 Å². The van der Waals surface area contributed by atoms with Crippen LogP contribution in [0, 0.1) is 5.82 Å². The third-order valence-corrected chi connectivity index (χ3v) is 4.47. The molecule has 2 N–H and O–H groups in total. The smallest absolute Gasteiger partial charge is 0.249 e. The number of halogens is 1. The summed E-state index contributed by atoms with van der Waals surface area (Å²) < 4.78 is 44.4. The molecule has 0 aliphatic rings. The molecule has 0 saturated carbocycles. The number of hydrogen-bond donors (Lipinski definition) is 2. The number of benzene rings is 2. The maximum Gasteiger partial charge on any atom is 0.249 e.